The molecule has 0 saturated carbocycles. The lowest BCUT2D eigenvalue weighted by Crippen LogP contribution is -2.08. The van der Waals surface area contributed by atoms with Crippen LogP contribution in [0.15, 0.2) is 27.4 Å². The van der Waals surface area contributed by atoms with Crippen molar-refractivity contribution in [2.45, 2.75) is 13.3 Å². The minimum atomic E-state index is -0.339. The summed E-state index contributed by atoms with van der Waals surface area (Å²) in [5.41, 5.74) is 1.09. The minimum Gasteiger partial charge on any atom is -0.446 e. The molecule has 2 aromatic heterocycles. The van der Waals surface area contributed by atoms with Gasteiger partial charge in [0.25, 0.3) is 0 Å². The summed E-state index contributed by atoms with van der Waals surface area (Å²) in [6, 6.07) is 3.16. The summed E-state index contributed by atoms with van der Waals surface area (Å²) in [5.74, 6) is -0.413. The van der Waals surface area contributed by atoms with Gasteiger partial charge in [-0.3, -0.25) is 14.3 Å². The Labute approximate surface area is 112 Å². The molecule has 2 rings (SSSR count). The van der Waals surface area contributed by atoms with E-state index in [1.165, 1.54) is 6.07 Å². The summed E-state index contributed by atoms with van der Waals surface area (Å²) in [6.07, 6.45) is 1.40. The van der Waals surface area contributed by atoms with Gasteiger partial charge in [-0.15, -0.1) is 0 Å². The summed E-state index contributed by atoms with van der Waals surface area (Å²) in [4.78, 5) is 23.7. The number of ketones is 2. The van der Waals surface area contributed by atoms with Gasteiger partial charge in [-0.1, -0.05) is 0 Å². The number of hydrogen-bond acceptors (Lipinski definition) is 4. The molecule has 0 aliphatic heterocycles. The topological polar surface area (TPSA) is 65.1 Å². The first-order valence-electron chi connectivity index (χ1n) is 5.29. The highest BCUT2D eigenvalue weighted by molar-refractivity contribution is 9.10. The number of nitrogens with zero attached hydrogens (tertiary/aromatic N) is 2. The van der Waals surface area contributed by atoms with Crippen LogP contribution in [0, 0.1) is 6.92 Å². The lowest BCUT2D eigenvalue weighted by molar-refractivity contribution is 0.0877. The molecule has 0 unspecified atom stereocenters. The predicted octanol–water partition coefficient (Wildman–Crippen LogP) is 2.54. The number of rotatable bonds is 4. The van der Waals surface area contributed by atoms with Gasteiger partial charge in [0, 0.05) is 13.2 Å². The predicted molar refractivity (Wildman–Crippen MR) is 67.6 cm³/mol. The fourth-order valence-corrected chi connectivity index (χ4v) is 1.97. The molecule has 5 nitrogen and oxygen atoms in total. The Morgan fingerprint density at radius 2 is 2.11 bits per heavy atom. The monoisotopic (exact) mass is 310 g/mol. The first kappa shape index (κ1) is 12.8. The van der Waals surface area contributed by atoms with E-state index in [2.05, 4.69) is 21.0 Å². The molecule has 2 heterocycles. The molecule has 0 amide bonds. The van der Waals surface area contributed by atoms with Gasteiger partial charge in [-0.2, -0.15) is 5.10 Å². The fraction of sp³-hybridized carbons (Fsp3) is 0.250. The molecule has 0 aromatic carbocycles. The zero-order chi connectivity index (χ0) is 13.3. The second-order valence-corrected chi connectivity index (χ2v) is 4.71. The number of hydrogen-bond donors (Lipinski definition) is 0. The van der Waals surface area contributed by atoms with Gasteiger partial charge in [0.2, 0.25) is 5.78 Å². The largest absolute Gasteiger partial charge is 0.446 e. The van der Waals surface area contributed by atoms with Crippen molar-refractivity contribution in [1.82, 2.24) is 9.78 Å². The van der Waals surface area contributed by atoms with Gasteiger partial charge in [-0.25, -0.2) is 0 Å². The van der Waals surface area contributed by atoms with Crippen LogP contribution in [0.3, 0.4) is 0 Å². The normalized spacial score (nSPS) is 10.6. The van der Waals surface area contributed by atoms with E-state index in [1.54, 1.807) is 30.9 Å². The molecule has 0 N–H and O–H groups in total. The molecule has 94 valence electrons. The van der Waals surface area contributed by atoms with Crippen molar-refractivity contribution in [1.29, 1.82) is 0 Å². The van der Waals surface area contributed by atoms with Crippen LogP contribution in [0.2, 0.25) is 0 Å². The van der Waals surface area contributed by atoms with Crippen molar-refractivity contribution >= 4 is 27.5 Å². The average molecular weight is 311 g/mol. The summed E-state index contributed by atoms with van der Waals surface area (Å²) >= 11 is 3.11. The summed E-state index contributed by atoms with van der Waals surface area (Å²) in [5, 5.41) is 4.07. The average Bonchev–Trinajstić information content (AvgIpc) is 2.84. The number of furan rings is 1. The summed E-state index contributed by atoms with van der Waals surface area (Å²) in [6.45, 7) is 1.74. The molecular formula is C12H11BrN2O3. The van der Waals surface area contributed by atoms with Crippen molar-refractivity contribution in [3.63, 3.8) is 0 Å². The van der Waals surface area contributed by atoms with Gasteiger partial charge in [-0.05, 0) is 35.0 Å². The van der Waals surface area contributed by atoms with E-state index >= 15 is 0 Å². The Hall–Kier alpha value is -1.69. The zero-order valence-corrected chi connectivity index (χ0v) is 11.5. The van der Waals surface area contributed by atoms with E-state index in [1.807, 2.05) is 0 Å². The van der Waals surface area contributed by atoms with Crippen LogP contribution < -0.4 is 0 Å². The molecule has 0 atom stereocenters. The molecular weight excluding hydrogens is 300 g/mol. The van der Waals surface area contributed by atoms with Gasteiger partial charge >= 0.3 is 0 Å². The van der Waals surface area contributed by atoms with Crippen LogP contribution >= 0.6 is 15.9 Å². The number of carbonyl (C=O) groups excluding carboxylic acids is 2. The summed E-state index contributed by atoms with van der Waals surface area (Å²) < 4.78 is 7.13. The number of aromatic nitrogens is 2. The third-order valence-corrected chi connectivity index (χ3v) is 2.91. The highest BCUT2D eigenvalue weighted by Crippen LogP contribution is 2.17. The van der Waals surface area contributed by atoms with Crippen molar-refractivity contribution in [3.8, 4) is 0 Å². The van der Waals surface area contributed by atoms with Crippen LogP contribution in [-0.4, -0.2) is 21.3 Å². The van der Waals surface area contributed by atoms with E-state index < -0.39 is 0 Å². The smallest absolute Gasteiger partial charge is 0.205 e. The van der Waals surface area contributed by atoms with Crippen LogP contribution in [-0.2, 0) is 7.05 Å². The molecule has 0 fully saturated rings. The van der Waals surface area contributed by atoms with Crippen molar-refractivity contribution in [3.05, 3.63) is 40.0 Å². The number of carbonyl (C=O) groups is 2. The SMILES string of the molecule is Cc1nn(C)cc1C(=O)CC(=O)c1ccc(Br)o1. The Bertz CT molecular complexity index is 613. The summed E-state index contributed by atoms with van der Waals surface area (Å²) in [7, 11) is 1.73. The molecule has 0 spiro atoms. The number of halogens is 1. The number of aryl methyl sites for hydroxylation is 2. The van der Waals surface area contributed by atoms with Crippen LogP contribution in [0.25, 0.3) is 0 Å². The molecule has 0 aliphatic rings. The Kier molecular flexibility index (Phi) is 3.47. The van der Waals surface area contributed by atoms with E-state index in [9.17, 15) is 9.59 Å². The van der Waals surface area contributed by atoms with Crippen molar-refractivity contribution < 1.29 is 14.0 Å². The maximum Gasteiger partial charge on any atom is 0.205 e. The van der Waals surface area contributed by atoms with Crippen molar-refractivity contribution in [2.75, 3.05) is 0 Å². The first-order chi connectivity index (χ1) is 8.47. The second-order valence-electron chi connectivity index (χ2n) is 3.93. The van der Waals surface area contributed by atoms with Gasteiger partial charge < -0.3 is 4.42 Å². The molecule has 2 aromatic rings. The van der Waals surface area contributed by atoms with E-state index in [4.69, 9.17) is 4.42 Å². The third-order valence-electron chi connectivity index (χ3n) is 2.48. The van der Waals surface area contributed by atoms with Crippen molar-refractivity contribution in [2.24, 2.45) is 7.05 Å². The third kappa shape index (κ3) is 2.59. The molecule has 0 aliphatic carbocycles. The highest BCUT2D eigenvalue weighted by Gasteiger charge is 2.19. The Morgan fingerprint density at radius 1 is 1.39 bits per heavy atom. The molecule has 0 saturated heterocycles. The lowest BCUT2D eigenvalue weighted by Gasteiger charge is -1.96. The van der Waals surface area contributed by atoms with E-state index in [0.717, 1.165) is 0 Å². The van der Waals surface area contributed by atoms with E-state index in [-0.39, 0.29) is 23.7 Å². The van der Waals surface area contributed by atoms with Gasteiger partial charge in [0.05, 0.1) is 17.7 Å². The van der Waals surface area contributed by atoms with Gasteiger partial charge in [0.15, 0.2) is 16.2 Å². The Morgan fingerprint density at radius 3 is 2.61 bits per heavy atom. The number of Topliss-reactive ketones (excluding diaryl/α,β-unsaturated/α-hetero) is 2. The Balaban J connectivity index is 2.13. The molecule has 18 heavy (non-hydrogen) atoms. The maximum atomic E-state index is 11.9. The zero-order valence-electron chi connectivity index (χ0n) is 9.94. The highest BCUT2D eigenvalue weighted by atomic mass is 79.9. The van der Waals surface area contributed by atoms with Crippen LogP contribution in [0.1, 0.15) is 33.0 Å². The molecule has 6 heteroatoms. The minimum absolute atomic E-state index is 0.178. The van der Waals surface area contributed by atoms with Crippen LogP contribution in [0.4, 0.5) is 0 Å². The molecule has 0 radical (unpaired) electrons. The second kappa shape index (κ2) is 4.89. The lowest BCUT2D eigenvalue weighted by atomic mass is 10.1. The van der Waals surface area contributed by atoms with Gasteiger partial charge in [0.1, 0.15) is 0 Å². The standard InChI is InChI=1S/C12H11BrN2O3/c1-7-8(6-15(2)14-7)9(16)5-10(17)11-3-4-12(13)18-11/h3-4,6H,5H2,1-2H3. The van der Waals surface area contributed by atoms with E-state index in [0.29, 0.717) is 15.9 Å². The van der Waals surface area contributed by atoms with Crippen LogP contribution in [0.5, 0.6) is 0 Å². The quantitative estimate of drug-likeness (QED) is 0.643. The molecule has 0 bridgehead atoms. The fourth-order valence-electron chi connectivity index (χ4n) is 1.67. The maximum absolute atomic E-state index is 11.9. The first-order valence-corrected chi connectivity index (χ1v) is 6.08.